The summed E-state index contributed by atoms with van der Waals surface area (Å²) >= 11 is 0. The smallest absolute Gasteiger partial charge is 0.255 e. The van der Waals surface area contributed by atoms with Crippen molar-refractivity contribution < 1.29 is 19.1 Å². The van der Waals surface area contributed by atoms with Gasteiger partial charge in [0.2, 0.25) is 5.91 Å². The molecule has 1 saturated carbocycles. The lowest BCUT2D eigenvalue weighted by atomic mass is 9.88. The van der Waals surface area contributed by atoms with Crippen molar-refractivity contribution in [2.24, 2.45) is 5.92 Å². The Kier molecular flexibility index (Phi) is 6.53. The second kappa shape index (κ2) is 9.26. The van der Waals surface area contributed by atoms with Gasteiger partial charge in [-0.15, -0.1) is 0 Å². The highest BCUT2D eigenvalue weighted by Crippen LogP contribution is 2.27. The third-order valence-corrected chi connectivity index (χ3v) is 4.98. The number of carbonyl (C=O) groups is 2. The van der Waals surface area contributed by atoms with Crippen LogP contribution in [-0.4, -0.2) is 26.0 Å². The van der Waals surface area contributed by atoms with E-state index in [2.05, 4.69) is 10.6 Å². The Morgan fingerprint density at radius 1 is 0.857 bits per heavy atom. The molecule has 1 fully saturated rings. The molecule has 6 nitrogen and oxygen atoms in total. The molecule has 3 rings (SSSR count). The molecule has 0 aliphatic heterocycles. The molecule has 28 heavy (non-hydrogen) atoms. The number of hydrogen-bond donors (Lipinski definition) is 2. The summed E-state index contributed by atoms with van der Waals surface area (Å²) in [5.41, 5.74) is 1.66. The molecule has 6 heteroatoms. The summed E-state index contributed by atoms with van der Waals surface area (Å²) in [6.07, 6.45) is 5.27. The lowest BCUT2D eigenvalue weighted by molar-refractivity contribution is -0.120. The van der Waals surface area contributed by atoms with Crippen LogP contribution >= 0.6 is 0 Å². The van der Waals surface area contributed by atoms with Crippen LogP contribution in [0.5, 0.6) is 11.5 Å². The highest BCUT2D eigenvalue weighted by Gasteiger charge is 2.21. The van der Waals surface area contributed by atoms with Gasteiger partial charge < -0.3 is 20.1 Å². The molecule has 0 radical (unpaired) electrons. The molecule has 2 N–H and O–H groups in total. The van der Waals surface area contributed by atoms with Crippen molar-refractivity contribution in [3.8, 4) is 11.5 Å². The average molecular weight is 382 g/mol. The number of nitrogens with one attached hydrogen (secondary N) is 2. The fourth-order valence-electron chi connectivity index (χ4n) is 3.43. The van der Waals surface area contributed by atoms with Crippen LogP contribution in [0, 0.1) is 5.92 Å². The van der Waals surface area contributed by atoms with Crippen LogP contribution in [0.3, 0.4) is 0 Å². The molecule has 2 aromatic rings. The number of methoxy groups -OCH3 is 2. The zero-order valence-electron chi connectivity index (χ0n) is 16.3. The predicted molar refractivity (Wildman–Crippen MR) is 109 cm³/mol. The Hall–Kier alpha value is -3.02. The van der Waals surface area contributed by atoms with Crippen LogP contribution in [0.25, 0.3) is 0 Å². The van der Waals surface area contributed by atoms with Gasteiger partial charge in [0, 0.05) is 41.1 Å². The first-order valence-electron chi connectivity index (χ1n) is 9.54. The van der Waals surface area contributed by atoms with E-state index in [1.54, 1.807) is 56.7 Å². The van der Waals surface area contributed by atoms with Crippen molar-refractivity contribution in [1.82, 2.24) is 0 Å². The van der Waals surface area contributed by atoms with E-state index in [4.69, 9.17) is 9.47 Å². The Morgan fingerprint density at radius 3 is 2.18 bits per heavy atom. The standard InChI is InChI=1S/C22H26N2O4/c1-27-19-12-18(13-20(14-19)28-2)24-22(26)16-9-6-10-17(11-16)23-21(25)15-7-4-3-5-8-15/h6,9-15H,3-5,7-8H2,1-2H3,(H,23,25)(H,24,26). The predicted octanol–water partition coefficient (Wildman–Crippen LogP) is 4.47. The largest absolute Gasteiger partial charge is 0.497 e. The monoisotopic (exact) mass is 382 g/mol. The summed E-state index contributed by atoms with van der Waals surface area (Å²) in [4.78, 5) is 25.1. The minimum atomic E-state index is -0.274. The van der Waals surface area contributed by atoms with E-state index in [0.717, 1.165) is 25.7 Å². The van der Waals surface area contributed by atoms with E-state index in [1.807, 2.05) is 0 Å². The van der Waals surface area contributed by atoms with Crippen LogP contribution in [0.2, 0.25) is 0 Å². The molecule has 148 valence electrons. The quantitative estimate of drug-likeness (QED) is 0.772. The van der Waals surface area contributed by atoms with Gasteiger partial charge in [-0.3, -0.25) is 9.59 Å². The summed E-state index contributed by atoms with van der Waals surface area (Å²) in [6.45, 7) is 0. The number of anilines is 2. The van der Waals surface area contributed by atoms with E-state index in [0.29, 0.717) is 28.4 Å². The highest BCUT2D eigenvalue weighted by molar-refractivity contribution is 6.05. The second-order valence-corrected chi connectivity index (χ2v) is 6.96. The highest BCUT2D eigenvalue weighted by atomic mass is 16.5. The van der Waals surface area contributed by atoms with Gasteiger partial charge in [-0.05, 0) is 31.0 Å². The number of carbonyl (C=O) groups excluding carboxylic acids is 2. The topological polar surface area (TPSA) is 76.7 Å². The average Bonchev–Trinajstić information content (AvgIpc) is 2.74. The van der Waals surface area contributed by atoms with Crippen LogP contribution < -0.4 is 20.1 Å². The van der Waals surface area contributed by atoms with Crippen LogP contribution in [0.4, 0.5) is 11.4 Å². The Bertz CT molecular complexity index is 822. The third kappa shape index (κ3) is 5.03. The van der Waals surface area contributed by atoms with Crippen molar-refractivity contribution in [1.29, 1.82) is 0 Å². The molecular formula is C22H26N2O4. The molecule has 0 atom stereocenters. The molecule has 0 aromatic heterocycles. The van der Waals surface area contributed by atoms with E-state index in [9.17, 15) is 9.59 Å². The molecule has 2 aromatic carbocycles. The summed E-state index contributed by atoms with van der Waals surface area (Å²) in [5.74, 6) is 1.00. The van der Waals surface area contributed by atoms with Crippen molar-refractivity contribution in [2.75, 3.05) is 24.9 Å². The third-order valence-electron chi connectivity index (χ3n) is 4.98. The molecule has 0 saturated heterocycles. The first-order valence-corrected chi connectivity index (χ1v) is 9.54. The molecule has 0 bridgehead atoms. The van der Waals surface area contributed by atoms with Crippen molar-refractivity contribution >= 4 is 23.2 Å². The molecule has 2 amide bonds. The number of benzene rings is 2. The van der Waals surface area contributed by atoms with Crippen molar-refractivity contribution in [2.45, 2.75) is 32.1 Å². The van der Waals surface area contributed by atoms with E-state index >= 15 is 0 Å². The maximum Gasteiger partial charge on any atom is 0.255 e. The maximum absolute atomic E-state index is 12.6. The first-order chi connectivity index (χ1) is 13.6. The van der Waals surface area contributed by atoms with E-state index in [-0.39, 0.29) is 17.7 Å². The second-order valence-electron chi connectivity index (χ2n) is 6.96. The maximum atomic E-state index is 12.6. The van der Waals surface area contributed by atoms with Crippen LogP contribution in [0.1, 0.15) is 42.5 Å². The summed E-state index contributed by atoms with van der Waals surface area (Å²) in [6, 6.07) is 12.1. The molecule has 0 heterocycles. The minimum absolute atomic E-state index is 0.0368. The van der Waals surface area contributed by atoms with Gasteiger partial charge in [-0.2, -0.15) is 0 Å². The molecule has 0 spiro atoms. The van der Waals surface area contributed by atoms with Crippen LogP contribution in [0.15, 0.2) is 42.5 Å². The fraction of sp³-hybridized carbons (Fsp3) is 0.364. The molecule has 1 aliphatic carbocycles. The van der Waals surface area contributed by atoms with Crippen LogP contribution in [-0.2, 0) is 4.79 Å². The minimum Gasteiger partial charge on any atom is -0.497 e. The Balaban J connectivity index is 1.69. The Labute approximate surface area is 165 Å². The Morgan fingerprint density at radius 2 is 1.54 bits per heavy atom. The first kappa shape index (κ1) is 19.7. The summed E-state index contributed by atoms with van der Waals surface area (Å²) in [5, 5.41) is 5.79. The fourth-order valence-corrected chi connectivity index (χ4v) is 3.43. The number of rotatable bonds is 6. The van der Waals surface area contributed by atoms with Gasteiger partial charge in [-0.25, -0.2) is 0 Å². The molecule has 1 aliphatic rings. The van der Waals surface area contributed by atoms with Gasteiger partial charge >= 0.3 is 0 Å². The summed E-state index contributed by atoms with van der Waals surface area (Å²) < 4.78 is 10.5. The van der Waals surface area contributed by atoms with Gasteiger partial charge in [0.1, 0.15) is 11.5 Å². The zero-order valence-corrected chi connectivity index (χ0v) is 16.3. The SMILES string of the molecule is COc1cc(NC(=O)c2cccc(NC(=O)C3CCCCC3)c2)cc(OC)c1. The van der Waals surface area contributed by atoms with E-state index < -0.39 is 0 Å². The van der Waals surface area contributed by atoms with Gasteiger partial charge in [0.15, 0.2) is 0 Å². The van der Waals surface area contributed by atoms with Crippen molar-refractivity contribution in [3.63, 3.8) is 0 Å². The number of ether oxygens (including phenoxy) is 2. The molecule has 0 unspecified atom stereocenters. The summed E-state index contributed by atoms with van der Waals surface area (Å²) in [7, 11) is 3.11. The molecular weight excluding hydrogens is 356 g/mol. The van der Waals surface area contributed by atoms with E-state index in [1.165, 1.54) is 6.42 Å². The zero-order chi connectivity index (χ0) is 19.9. The number of amides is 2. The van der Waals surface area contributed by atoms with Gasteiger partial charge in [0.05, 0.1) is 14.2 Å². The lowest BCUT2D eigenvalue weighted by Gasteiger charge is -2.20. The van der Waals surface area contributed by atoms with Crippen molar-refractivity contribution in [3.05, 3.63) is 48.0 Å². The van der Waals surface area contributed by atoms with Gasteiger partial charge in [-0.1, -0.05) is 25.3 Å². The lowest BCUT2D eigenvalue weighted by Crippen LogP contribution is -2.24. The normalized spacial score (nSPS) is 14.2. The number of hydrogen-bond acceptors (Lipinski definition) is 4. The van der Waals surface area contributed by atoms with Gasteiger partial charge in [0.25, 0.3) is 5.91 Å².